The highest BCUT2D eigenvalue weighted by molar-refractivity contribution is 7.99. The van der Waals surface area contributed by atoms with Crippen molar-refractivity contribution in [2.24, 2.45) is 11.7 Å². The number of hydrogen-bond acceptors (Lipinski definition) is 3. The second kappa shape index (κ2) is 4.53. The number of likely N-dealkylation sites (tertiary alicyclic amines) is 1. The summed E-state index contributed by atoms with van der Waals surface area (Å²) >= 11 is 2.01. The molecule has 80 valence electrons. The molecule has 2 rings (SSSR count). The predicted octanol–water partition coefficient (Wildman–Crippen LogP) is 0.689. The number of carbonyl (C=O) groups is 1. The van der Waals surface area contributed by atoms with Gasteiger partial charge in [-0.25, -0.2) is 0 Å². The molecule has 0 spiro atoms. The van der Waals surface area contributed by atoms with Crippen LogP contribution >= 0.6 is 11.8 Å². The number of nitrogens with two attached hydrogens (primary N) is 1. The molecule has 0 aromatic heterocycles. The monoisotopic (exact) mass is 214 g/mol. The van der Waals surface area contributed by atoms with Gasteiger partial charge in [-0.1, -0.05) is 0 Å². The van der Waals surface area contributed by atoms with Crippen LogP contribution in [0.25, 0.3) is 0 Å². The first-order chi connectivity index (χ1) is 6.75. The highest BCUT2D eigenvalue weighted by Crippen LogP contribution is 2.26. The first-order valence-corrected chi connectivity index (χ1v) is 6.52. The van der Waals surface area contributed by atoms with Crippen LogP contribution in [0, 0.1) is 5.92 Å². The third-order valence-electron chi connectivity index (χ3n) is 3.07. The number of rotatable bonds is 2. The standard InChI is InChI=1S/C10H18N2OS/c11-9-6-12(7-9)10(13)5-8-1-3-14-4-2-8/h8-9H,1-7,11H2. The third kappa shape index (κ3) is 2.42. The lowest BCUT2D eigenvalue weighted by atomic mass is 9.97. The Balaban J connectivity index is 1.71. The Morgan fingerprint density at radius 3 is 2.57 bits per heavy atom. The Morgan fingerprint density at radius 2 is 2.00 bits per heavy atom. The minimum atomic E-state index is 0.237. The highest BCUT2D eigenvalue weighted by Gasteiger charge is 2.29. The Bertz CT molecular complexity index is 210. The van der Waals surface area contributed by atoms with Gasteiger partial charge in [-0.05, 0) is 30.3 Å². The summed E-state index contributed by atoms with van der Waals surface area (Å²) in [5.74, 6) is 3.43. The number of carbonyl (C=O) groups excluding carboxylic acids is 1. The maximum absolute atomic E-state index is 11.7. The smallest absolute Gasteiger partial charge is 0.222 e. The van der Waals surface area contributed by atoms with Crippen molar-refractivity contribution in [3.05, 3.63) is 0 Å². The van der Waals surface area contributed by atoms with Crippen LogP contribution in [0.1, 0.15) is 19.3 Å². The number of thioether (sulfide) groups is 1. The van der Waals surface area contributed by atoms with E-state index in [4.69, 9.17) is 5.73 Å². The van der Waals surface area contributed by atoms with Gasteiger partial charge in [0, 0.05) is 25.6 Å². The van der Waals surface area contributed by atoms with Crippen molar-refractivity contribution in [3.8, 4) is 0 Å². The molecule has 0 bridgehead atoms. The minimum absolute atomic E-state index is 0.237. The van der Waals surface area contributed by atoms with E-state index < -0.39 is 0 Å². The molecule has 3 nitrogen and oxygen atoms in total. The van der Waals surface area contributed by atoms with Gasteiger partial charge in [0.15, 0.2) is 0 Å². The van der Waals surface area contributed by atoms with Crippen molar-refractivity contribution in [2.75, 3.05) is 24.6 Å². The summed E-state index contributed by atoms with van der Waals surface area (Å²) in [7, 11) is 0. The maximum atomic E-state index is 11.7. The van der Waals surface area contributed by atoms with Crippen molar-refractivity contribution in [1.29, 1.82) is 0 Å². The van der Waals surface area contributed by atoms with E-state index in [1.54, 1.807) is 0 Å². The Morgan fingerprint density at radius 1 is 1.36 bits per heavy atom. The molecule has 2 aliphatic rings. The van der Waals surface area contributed by atoms with Gasteiger partial charge >= 0.3 is 0 Å². The number of amides is 1. The van der Waals surface area contributed by atoms with E-state index in [1.807, 2.05) is 16.7 Å². The molecule has 0 saturated carbocycles. The van der Waals surface area contributed by atoms with Crippen LogP contribution in [-0.2, 0) is 4.79 Å². The van der Waals surface area contributed by atoms with E-state index >= 15 is 0 Å². The summed E-state index contributed by atoms with van der Waals surface area (Å²) in [5, 5.41) is 0. The van der Waals surface area contributed by atoms with E-state index in [2.05, 4.69) is 0 Å². The van der Waals surface area contributed by atoms with Crippen LogP contribution in [0.3, 0.4) is 0 Å². The zero-order valence-electron chi connectivity index (χ0n) is 8.45. The normalized spacial score (nSPS) is 24.8. The lowest BCUT2D eigenvalue weighted by Gasteiger charge is -2.38. The molecule has 2 heterocycles. The van der Waals surface area contributed by atoms with Gasteiger partial charge in [-0.3, -0.25) is 4.79 Å². The molecule has 0 aromatic rings. The van der Waals surface area contributed by atoms with Gasteiger partial charge in [0.1, 0.15) is 0 Å². The second-order valence-corrected chi connectivity index (χ2v) is 5.54. The molecule has 2 N–H and O–H groups in total. The average Bonchev–Trinajstić information content (AvgIpc) is 2.14. The van der Waals surface area contributed by atoms with E-state index in [0.29, 0.717) is 11.8 Å². The lowest BCUT2D eigenvalue weighted by molar-refractivity contribution is -0.136. The molecule has 0 radical (unpaired) electrons. The minimum Gasteiger partial charge on any atom is -0.339 e. The predicted molar refractivity (Wildman–Crippen MR) is 59.2 cm³/mol. The summed E-state index contributed by atoms with van der Waals surface area (Å²) < 4.78 is 0. The largest absolute Gasteiger partial charge is 0.339 e. The number of nitrogens with zero attached hydrogens (tertiary/aromatic N) is 1. The van der Waals surface area contributed by atoms with Crippen LogP contribution in [0.2, 0.25) is 0 Å². The number of hydrogen-bond donors (Lipinski definition) is 1. The van der Waals surface area contributed by atoms with Gasteiger partial charge < -0.3 is 10.6 Å². The molecule has 2 fully saturated rings. The quantitative estimate of drug-likeness (QED) is 0.735. The van der Waals surface area contributed by atoms with E-state index in [0.717, 1.165) is 19.5 Å². The highest BCUT2D eigenvalue weighted by atomic mass is 32.2. The fourth-order valence-corrected chi connectivity index (χ4v) is 3.25. The van der Waals surface area contributed by atoms with Crippen LogP contribution < -0.4 is 5.73 Å². The van der Waals surface area contributed by atoms with E-state index in [1.165, 1.54) is 24.3 Å². The fourth-order valence-electron chi connectivity index (χ4n) is 2.04. The second-order valence-electron chi connectivity index (χ2n) is 4.32. The molecule has 0 aromatic carbocycles. The third-order valence-corrected chi connectivity index (χ3v) is 4.12. The first-order valence-electron chi connectivity index (χ1n) is 5.37. The Kier molecular flexibility index (Phi) is 3.34. The van der Waals surface area contributed by atoms with E-state index in [9.17, 15) is 4.79 Å². The summed E-state index contributed by atoms with van der Waals surface area (Å²) in [4.78, 5) is 13.6. The summed E-state index contributed by atoms with van der Waals surface area (Å²) in [6.07, 6.45) is 3.19. The van der Waals surface area contributed by atoms with Gasteiger partial charge in [0.25, 0.3) is 0 Å². The van der Waals surface area contributed by atoms with Crippen LogP contribution in [0.4, 0.5) is 0 Å². The summed E-state index contributed by atoms with van der Waals surface area (Å²) in [6, 6.07) is 0.237. The van der Waals surface area contributed by atoms with Crippen LogP contribution in [-0.4, -0.2) is 41.4 Å². The average molecular weight is 214 g/mol. The van der Waals surface area contributed by atoms with Gasteiger partial charge in [0.2, 0.25) is 5.91 Å². The molecule has 4 heteroatoms. The summed E-state index contributed by atoms with van der Waals surface area (Å²) in [5.41, 5.74) is 5.64. The van der Waals surface area contributed by atoms with Gasteiger partial charge in [0.05, 0.1) is 0 Å². The van der Waals surface area contributed by atoms with Crippen molar-refractivity contribution in [1.82, 2.24) is 4.90 Å². The molecule has 2 aliphatic heterocycles. The first kappa shape index (κ1) is 10.3. The van der Waals surface area contributed by atoms with Crippen molar-refractivity contribution in [2.45, 2.75) is 25.3 Å². The SMILES string of the molecule is NC1CN(C(=O)CC2CCSCC2)C1. The fraction of sp³-hybridized carbons (Fsp3) is 0.900. The van der Waals surface area contributed by atoms with Crippen molar-refractivity contribution < 1.29 is 4.79 Å². The molecule has 1 amide bonds. The van der Waals surface area contributed by atoms with Gasteiger partial charge in [-0.2, -0.15) is 11.8 Å². The Hall–Kier alpha value is -0.220. The topological polar surface area (TPSA) is 46.3 Å². The van der Waals surface area contributed by atoms with Crippen molar-refractivity contribution >= 4 is 17.7 Å². The molecule has 2 saturated heterocycles. The zero-order chi connectivity index (χ0) is 9.97. The molecular formula is C10H18N2OS. The van der Waals surface area contributed by atoms with E-state index in [-0.39, 0.29) is 6.04 Å². The zero-order valence-corrected chi connectivity index (χ0v) is 9.26. The van der Waals surface area contributed by atoms with Crippen LogP contribution in [0.5, 0.6) is 0 Å². The molecule has 14 heavy (non-hydrogen) atoms. The lowest BCUT2D eigenvalue weighted by Crippen LogP contribution is -2.58. The summed E-state index contributed by atoms with van der Waals surface area (Å²) in [6.45, 7) is 1.56. The van der Waals surface area contributed by atoms with Crippen molar-refractivity contribution in [3.63, 3.8) is 0 Å². The maximum Gasteiger partial charge on any atom is 0.222 e. The Labute approximate surface area is 89.4 Å². The molecule has 0 unspecified atom stereocenters. The molecule has 0 aliphatic carbocycles. The molecule has 0 atom stereocenters. The molecular weight excluding hydrogens is 196 g/mol. The van der Waals surface area contributed by atoms with Gasteiger partial charge in [-0.15, -0.1) is 0 Å². The van der Waals surface area contributed by atoms with Crippen LogP contribution in [0.15, 0.2) is 0 Å².